The van der Waals surface area contributed by atoms with Crippen molar-refractivity contribution < 1.29 is 9.18 Å². The number of aromatic nitrogens is 4. The fraction of sp³-hybridized carbons (Fsp3) is 0.188. The summed E-state index contributed by atoms with van der Waals surface area (Å²) in [5.41, 5.74) is 2.24. The van der Waals surface area contributed by atoms with Crippen molar-refractivity contribution in [2.45, 2.75) is 6.54 Å². The number of nitrogens with one attached hydrogen (secondary N) is 1. The van der Waals surface area contributed by atoms with Gasteiger partial charge in [0.05, 0.1) is 12.5 Å². The third-order valence-corrected chi connectivity index (χ3v) is 3.80. The lowest BCUT2D eigenvalue weighted by Crippen LogP contribution is -2.38. The van der Waals surface area contributed by atoms with Crippen LogP contribution < -0.4 is 16.7 Å². The van der Waals surface area contributed by atoms with Crippen molar-refractivity contribution in [1.29, 1.82) is 0 Å². The number of rotatable bonds is 4. The highest BCUT2D eigenvalue weighted by Crippen LogP contribution is 2.05. The van der Waals surface area contributed by atoms with Gasteiger partial charge in [-0.25, -0.2) is 19.6 Å². The SMILES string of the molecule is Cn1c(=O)c2c(ncn2CC(=O)N/N=C/c2ccc(F)cc2)n(C)c1=O. The van der Waals surface area contributed by atoms with Crippen molar-refractivity contribution in [3.63, 3.8) is 0 Å². The molecule has 2 heterocycles. The van der Waals surface area contributed by atoms with Gasteiger partial charge in [-0.05, 0) is 17.7 Å². The summed E-state index contributed by atoms with van der Waals surface area (Å²) in [7, 11) is 2.85. The van der Waals surface area contributed by atoms with Crippen LogP contribution in [0.2, 0.25) is 0 Å². The molecule has 0 saturated heterocycles. The zero-order valence-electron chi connectivity index (χ0n) is 14.0. The van der Waals surface area contributed by atoms with Gasteiger partial charge >= 0.3 is 5.69 Å². The molecule has 0 saturated carbocycles. The largest absolute Gasteiger partial charge is 0.332 e. The van der Waals surface area contributed by atoms with Crippen molar-refractivity contribution in [2.24, 2.45) is 19.2 Å². The molecule has 0 unspecified atom stereocenters. The third-order valence-electron chi connectivity index (χ3n) is 3.80. The second-order valence-corrected chi connectivity index (χ2v) is 5.60. The molecule has 0 aliphatic carbocycles. The Kier molecular flexibility index (Phi) is 4.48. The van der Waals surface area contributed by atoms with Crippen molar-refractivity contribution in [1.82, 2.24) is 24.1 Å². The van der Waals surface area contributed by atoms with Crippen LogP contribution in [-0.2, 0) is 25.4 Å². The smallest absolute Gasteiger partial charge is 0.315 e. The van der Waals surface area contributed by atoms with Crippen LogP contribution in [0.1, 0.15) is 5.56 Å². The Balaban J connectivity index is 1.79. The molecule has 3 rings (SSSR count). The minimum atomic E-state index is -0.539. The molecule has 1 aromatic carbocycles. The summed E-state index contributed by atoms with van der Waals surface area (Å²) >= 11 is 0. The lowest BCUT2D eigenvalue weighted by Gasteiger charge is -2.05. The zero-order valence-corrected chi connectivity index (χ0v) is 14.0. The molecule has 10 heteroatoms. The number of benzene rings is 1. The van der Waals surface area contributed by atoms with Gasteiger partial charge in [0.1, 0.15) is 12.4 Å². The van der Waals surface area contributed by atoms with E-state index in [1.807, 2.05) is 0 Å². The number of imidazole rings is 1. The van der Waals surface area contributed by atoms with Gasteiger partial charge in [-0.15, -0.1) is 0 Å². The Bertz CT molecular complexity index is 1120. The lowest BCUT2D eigenvalue weighted by molar-refractivity contribution is -0.121. The maximum absolute atomic E-state index is 12.8. The maximum atomic E-state index is 12.8. The van der Waals surface area contributed by atoms with Crippen molar-refractivity contribution in [2.75, 3.05) is 0 Å². The Hall–Kier alpha value is -3.56. The molecule has 0 bridgehead atoms. The quantitative estimate of drug-likeness (QED) is 0.512. The molecule has 3 aromatic rings. The molecule has 9 nitrogen and oxygen atoms in total. The third kappa shape index (κ3) is 3.16. The molecule has 0 fully saturated rings. The van der Waals surface area contributed by atoms with Gasteiger partial charge in [0.2, 0.25) is 0 Å². The van der Waals surface area contributed by atoms with Gasteiger partial charge in [-0.2, -0.15) is 5.10 Å². The summed E-state index contributed by atoms with van der Waals surface area (Å²) < 4.78 is 16.3. The summed E-state index contributed by atoms with van der Waals surface area (Å²) in [5.74, 6) is -0.854. The predicted molar refractivity (Wildman–Crippen MR) is 92.4 cm³/mol. The van der Waals surface area contributed by atoms with Gasteiger partial charge in [-0.3, -0.25) is 18.7 Å². The van der Waals surface area contributed by atoms with Gasteiger partial charge in [0, 0.05) is 14.1 Å². The van der Waals surface area contributed by atoms with Crippen molar-refractivity contribution in [3.05, 3.63) is 62.8 Å². The maximum Gasteiger partial charge on any atom is 0.332 e. The fourth-order valence-electron chi connectivity index (χ4n) is 2.43. The molecule has 2 aromatic heterocycles. The van der Waals surface area contributed by atoms with E-state index in [9.17, 15) is 18.8 Å². The van der Waals surface area contributed by atoms with E-state index in [2.05, 4.69) is 15.5 Å². The van der Waals surface area contributed by atoms with Crippen molar-refractivity contribution >= 4 is 23.3 Å². The second kappa shape index (κ2) is 6.75. The number of hydrogen-bond donors (Lipinski definition) is 1. The molecular formula is C16H15FN6O3. The highest BCUT2D eigenvalue weighted by atomic mass is 19.1. The van der Waals surface area contributed by atoms with Gasteiger partial charge in [0.15, 0.2) is 11.2 Å². The fourth-order valence-corrected chi connectivity index (χ4v) is 2.43. The first-order valence-electron chi connectivity index (χ1n) is 7.57. The summed E-state index contributed by atoms with van der Waals surface area (Å²) in [5, 5.41) is 3.78. The van der Waals surface area contributed by atoms with Crippen LogP contribution in [0.4, 0.5) is 4.39 Å². The Morgan fingerprint density at radius 1 is 1.23 bits per heavy atom. The van der Waals surface area contributed by atoms with Crippen LogP contribution in [-0.4, -0.2) is 30.8 Å². The van der Waals surface area contributed by atoms with Crippen LogP contribution in [0, 0.1) is 5.82 Å². The average Bonchev–Trinajstić information content (AvgIpc) is 3.03. The number of hydrazone groups is 1. The van der Waals surface area contributed by atoms with E-state index in [1.165, 1.54) is 60.0 Å². The Morgan fingerprint density at radius 3 is 2.62 bits per heavy atom. The standard InChI is InChI=1S/C16H15FN6O3/c1-21-14-13(15(25)22(2)16(21)26)23(9-18-14)8-12(24)20-19-7-10-3-5-11(17)6-4-10/h3-7,9H,8H2,1-2H3,(H,20,24)/b19-7+. The first-order valence-corrected chi connectivity index (χ1v) is 7.57. The highest BCUT2D eigenvalue weighted by Gasteiger charge is 2.15. The Labute approximate surface area is 146 Å². The van der Waals surface area contributed by atoms with Crippen LogP contribution in [0.3, 0.4) is 0 Å². The highest BCUT2D eigenvalue weighted by molar-refractivity contribution is 5.83. The van der Waals surface area contributed by atoms with E-state index < -0.39 is 17.2 Å². The summed E-state index contributed by atoms with van der Waals surface area (Å²) in [6.07, 6.45) is 2.68. The summed E-state index contributed by atoms with van der Waals surface area (Å²) in [6.45, 7) is -0.204. The molecule has 0 aliphatic heterocycles. The Morgan fingerprint density at radius 2 is 1.92 bits per heavy atom. The van der Waals surface area contributed by atoms with Gasteiger partial charge < -0.3 is 4.57 Å². The number of carbonyl (C=O) groups excluding carboxylic acids is 1. The first kappa shape index (κ1) is 17.3. The number of fused-ring (bicyclic) bond motifs is 1. The normalized spacial score (nSPS) is 11.3. The number of amides is 1. The van der Waals surface area contributed by atoms with Gasteiger partial charge in [-0.1, -0.05) is 12.1 Å². The molecule has 0 spiro atoms. The van der Waals surface area contributed by atoms with E-state index in [0.717, 1.165) is 4.57 Å². The summed E-state index contributed by atoms with van der Waals surface area (Å²) in [6, 6.07) is 5.58. The first-order chi connectivity index (χ1) is 12.4. The van der Waals surface area contributed by atoms with E-state index in [1.54, 1.807) is 0 Å². The number of aryl methyl sites for hydroxylation is 1. The van der Waals surface area contributed by atoms with Crippen LogP contribution in [0.5, 0.6) is 0 Å². The topological polar surface area (TPSA) is 103 Å². The van der Waals surface area contributed by atoms with E-state index in [0.29, 0.717) is 5.56 Å². The molecule has 0 radical (unpaired) electrons. The van der Waals surface area contributed by atoms with Gasteiger partial charge in [0.25, 0.3) is 11.5 Å². The van der Waals surface area contributed by atoms with Crippen LogP contribution in [0.25, 0.3) is 11.2 Å². The molecule has 1 amide bonds. The average molecular weight is 358 g/mol. The predicted octanol–water partition coefficient (Wildman–Crippen LogP) is -0.277. The number of nitrogens with zero attached hydrogens (tertiary/aromatic N) is 5. The molecule has 0 atom stereocenters. The summed E-state index contributed by atoms with van der Waals surface area (Å²) in [4.78, 5) is 40.2. The van der Waals surface area contributed by atoms with E-state index in [-0.39, 0.29) is 23.5 Å². The van der Waals surface area contributed by atoms with E-state index in [4.69, 9.17) is 0 Å². The molecule has 134 valence electrons. The van der Waals surface area contributed by atoms with E-state index >= 15 is 0 Å². The second-order valence-electron chi connectivity index (χ2n) is 5.60. The number of halogens is 1. The molecule has 26 heavy (non-hydrogen) atoms. The monoisotopic (exact) mass is 358 g/mol. The zero-order chi connectivity index (χ0) is 18.8. The molecule has 1 N–H and O–H groups in total. The lowest BCUT2D eigenvalue weighted by atomic mass is 10.2. The molecule has 0 aliphatic rings. The van der Waals surface area contributed by atoms with Crippen LogP contribution >= 0.6 is 0 Å². The minimum absolute atomic E-state index is 0.146. The minimum Gasteiger partial charge on any atom is -0.315 e. The molecular weight excluding hydrogens is 343 g/mol. The number of hydrogen-bond acceptors (Lipinski definition) is 5. The van der Waals surface area contributed by atoms with Crippen molar-refractivity contribution in [3.8, 4) is 0 Å². The number of carbonyl (C=O) groups is 1. The van der Waals surface area contributed by atoms with Crippen LogP contribution in [0.15, 0.2) is 45.3 Å².